The Balaban J connectivity index is 2.05. The van der Waals surface area contributed by atoms with Gasteiger partial charge in [-0.15, -0.1) is 22.7 Å². The van der Waals surface area contributed by atoms with Crippen LogP contribution in [0.2, 0.25) is 0 Å². The summed E-state index contributed by atoms with van der Waals surface area (Å²) in [4.78, 5) is 5.59. The van der Waals surface area contributed by atoms with Crippen LogP contribution in [-0.4, -0.2) is 4.98 Å². The molecule has 0 amide bonds. The first kappa shape index (κ1) is 9.96. The molecule has 0 aliphatic carbocycles. The Kier molecular flexibility index (Phi) is 2.47. The number of pyridine rings is 1. The van der Waals surface area contributed by atoms with Gasteiger partial charge in [-0.25, -0.2) is 0 Å². The van der Waals surface area contributed by atoms with Gasteiger partial charge in [0.1, 0.15) is 0 Å². The maximum Gasteiger partial charge on any atom is 0.0809 e. The second-order valence-electron chi connectivity index (χ2n) is 3.57. The predicted octanol–water partition coefficient (Wildman–Crippen LogP) is 3.41. The molecule has 0 spiro atoms. The van der Waals surface area contributed by atoms with Gasteiger partial charge in [-0.2, -0.15) is 0 Å². The van der Waals surface area contributed by atoms with Gasteiger partial charge < -0.3 is 5.73 Å². The number of rotatable bonds is 2. The van der Waals surface area contributed by atoms with Crippen LogP contribution in [-0.2, 0) is 0 Å². The van der Waals surface area contributed by atoms with Gasteiger partial charge in [-0.1, -0.05) is 6.07 Å². The first-order chi connectivity index (χ1) is 7.84. The predicted molar refractivity (Wildman–Crippen MR) is 70.0 cm³/mol. The summed E-state index contributed by atoms with van der Waals surface area (Å²) in [5.41, 5.74) is 8.32. The summed E-state index contributed by atoms with van der Waals surface area (Å²) in [5, 5.41) is 4.10. The van der Waals surface area contributed by atoms with Crippen LogP contribution >= 0.6 is 22.7 Å². The molecule has 3 rings (SSSR count). The Bertz CT molecular complexity index is 598. The molecule has 16 heavy (non-hydrogen) atoms. The Morgan fingerprint density at radius 2 is 2.12 bits per heavy atom. The third-order valence-electron chi connectivity index (χ3n) is 2.53. The maximum absolute atomic E-state index is 6.20. The molecule has 80 valence electrons. The zero-order valence-corrected chi connectivity index (χ0v) is 10.1. The fourth-order valence-corrected chi connectivity index (χ4v) is 3.21. The molecule has 2 nitrogen and oxygen atoms in total. The smallest absolute Gasteiger partial charge is 0.0809 e. The quantitative estimate of drug-likeness (QED) is 0.752. The van der Waals surface area contributed by atoms with Crippen molar-refractivity contribution in [2.45, 2.75) is 6.04 Å². The van der Waals surface area contributed by atoms with E-state index >= 15 is 0 Å². The van der Waals surface area contributed by atoms with Gasteiger partial charge in [0.05, 0.1) is 16.3 Å². The molecule has 2 N–H and O–H groups in total. The summed E-state index contributed by atoms with van der Waals surface area (Å²) >= 11 is 3.39. The van der Waals surface area contributed by atoms with Crippen LogP contribution in [0.4, 0.5) is 0 Å². The third-order valence-corrected chi connectivity index (χ3v) is 4.34. The van der Waals surface area contributed by atoms with Crippen LogP contribution in [0.25, 0.3) is 10.2 Å². The average Bonchev–Trinajstić information content (AvgIpc) is 2.98. The summed E-state index contributed by atoms with van der Waals surface area (Å²) < 4.78 is 1.20. The zero-order chi connectivity index (χ0) is 11.0. The monoisotopic (exact) mass is 246 g/mol. The van der Waals surface area contributed by atoms with Gasteiger partial charge in [-0.3, -0.25) is 4.98 Å². The van der Waals surface area contributed by atoms with Crippen LogP contribution in [0.5, 0.6) is 0 Å². The van der Waals surface area contributed by atoms with E-state index in [1.54, 1.807) is 22.7 Å². The van der Waals surface area contributed by atoms with E-state index in [1.165, 1.54) is 9.58 Å². The highest BCUT2D eigenvalue weighted by Gasteiger charge is 2.11. The Labute approximate surface area is 101 Å². The molecule has 0 saturated heterocycles. The summed E-state index contributed by atoms with van der Waals surface area (Å²) in [7, 11) is 0. The molecule has 0 aliphatic heterocycles. The van der Waals surface area contributed by atoms with Crippen molar-refractivity contribution in [2.75, 3.05) is 0 Å². The maximum atomic E-state index is 6.20. The minimum absolute atomic E-state index is 0.0565. The number of hydrogen-bond acceptors (Lipinski definition) is 4. The van der Waals surface area contributed by atoms with E-state index < -0.39 is 0 Å². The molecule has 1 atom stereocenters. The van der Waals surface area contributed by atoms with Crippen LogP contribution in [0.15, 0.2) is 41.2 Å². The number of hydrogen-bond donors (Lipinski definition) is 1. The van der Waals surface area contributed by atoms with E-state index in [0.29, 0.717) is 0 Å². The molecule has 3 aromatic heterocycles. The molecule has 0 radical (unpaired) electrons. The summed E-state index contributed by atoms with van der Waals surface area (Å²) in [6.45, 7) is 0. The van der Waals surface area contributed by atoms with Gasteiger partial charge in [-0.05, 0) is 34.5 Å². The minimum Gasteiger partial charge on any atom is -0.320 e. The first-order valence-electron chi connectivity index (χ1n) is 4.97. The van der Waals surface area contributed by atoms with Crippen molar-refractivity contribution in [1.82, 2.24) is 4.98 Å². The highest BCUT2D eigenvalue weighted by atomic mass is 32.1. The third kappa shape index (κ3) is 1.65. The second-order valence-corrected chi connectivity index (χ2v) is 5.49. The Hall–Kier alpha value is -1.23. The summed E-state index contributed by atoms with van der Waals surface area (Å²) in [5.74, 6) is 0. The van der Waals surface area contributed by atoms with E-state index in [4.69, 9.17) is 5.73 Å². The largest absolute Gasteiger partial charge is 0.320 e. The van der Waals surface area contributed by atoms with E-state index in [2.05, 4.69) is 22.5 Å². The van der Waals surface area contributed by atoms with Crippen molar-refractivity contribution in [2.24, 2.45) is 5.73 Å². The molecule has 4 heteroatoms. The lowest BCUT2D eigenvalue weighted by Crippen LogP contribution is -2.10. The molecule has 3 heterocycles. The number of aromatic nitrogens is 1. The minimum atomic E-state index is -0.0565. The average molecular weight is 246 g/mol. The molecular formula is C12H10N2S2. The van der Waals surface area contributed by atoms with Gasteiger partial charge >= 0.3 is 0 Å². The molecular weight excluding hydrogens is 236 g/mol. The molecule has 0 saturated carbocycles. The number of nitrogens with two attached hydrogens (primary N) is 1. The van der Waals surface area contributed by atoms with E-state index in [9.17, 15) is 0 Å². The zero-order valence-electron chi connectivity index (χ0n) is 8.46. The SMILES string of the molecule is NC(c1cnc2ccsc2c1)c1cccs1. The number of nitrogens with zero attached hydrogens (tertiary/aromatic N) is 1. The molecule has 3 aromatic rings. The van der Waals surface area contributed by atoms with E-state index in [1.807, 2.05) is 23.7 Å². The van der Waals surface area contributed by atoms with Crippen LogP contribution in [0.3, 0.4) is 0 Å². The number of fused-ring (bicyclic) bond motifs is 1. The van der Waals surface area contributed by atoms with Crippen molar-refractivity contribution < 1.29 is 0 Å². The lowest BCUT2D eigenvalue weighted by Gasteiger charge is -2.09. The van der Waals surface area contributed by atoms with Gasteiger partial charge in [0.2, 0.25) is 0 Å². The Morgan fingerprint density at radius 3 is 2.94 bits per heavy atom. The van der Waals surface area contributed by atoms with Crippen molar-refractivity contribution >= 4 is 32.9 Å². The molecule has 0 bridgehead atoms. The van der Waals surface area contributed by atoms with Gasteiger partial charge in [0.25, 0.3) is 0 Å². The highest BCUT2D eigenvalue weighted by molar-refractivity contribution is 7.17. The van der Waals surface area contributed by atoms with Crippen molar-refractivity contribution in [3.63, 3.8) is 0 Å². The molecule has 1 unspecified atom stereocenters. The normalized spacial score (nSPS) is 13.1. The fourth-order valence-electron chi connectivity index (χ4n) is 1.66. The summed E-state index contributed by atoms with van der Waals surface area (Å²) in [6.07, 6.45) is 1.87. The summed E-state index contributed by atoms with van der Waals surface area (Å²) in [6, 6.07) is 8.20. The van der Waals surface area contributed by atoms with Gasteiger partial charge in [0.15, 0.2) is 0 Å². The molecule has 0 aliphatic rings. The first-order valence-corrected chi connectivity index (χ1v) is 6.72. The van der Waals surface area contributed by atoms with Crippen molar-refractivity contribution in [1.29, 1.82) is 0 Å². The standard InChI is InChI=1S/C12H10N2S2/c13-12(10-2-1-4-15-10)8-6-11-9(14-7-8)3-5-16-11/h1-7,12H,13H2. The highest BCUT2D eigenvalue weighted by Crippen LogP contribution is 2.27. The lowest BCUT2D eigenvalue weighted by molar-refractivity contribution is 0.889. The van der Waals surface area contributed by atoms with Crippen molar-refractivity contribution in [3.8, 4) is 0 Å². The molecule has 0 fully saturated rings. The Morgan fingerprint density at radius 1 is 1.19 bits per heavy atom. The lowest BCUT2D eigenvalue weighted by atomic mass is 10.1. The van der Waals surface area contributed by atoms with E-state index in [-0.39, 0.29) is 6.04 Å². The second kappa shape index (κ2) is 3.97. The topological polar surface area (TPSA) is 38.9 Å². The molecule has 0 aromatic carbocycles. The van der Waals surface area contributed by atoms with Crippen LogP contribution < -0.4 is 5.73 Å². The fraction of sp³-hybridized carbons (Fsp3) is 0.0833. The van der Waals surface area contributed by atoms with Crippen LogP contribution in [0.1, 0.15) is 16.5 Å². The van der Waals surface area contributed by atoms with E-state index in [0.717, 1.165) is 11.1 Å². The van der Waals surface area contributed by atoms with Crippen LogP contribution in [0, 0.1) is 0 Å². The van der Waals surface area contributed by atoms with Gasteiger partial charge in [0, 0.05) is 11.1 Å². The number of thiophene rings is 2. The van der Waals surface area contributed by atoms with Crippen molar-refractivity contribution in [3.05, 3.63) is 51.7 Å².